The van der Waals surface area contributed by atoms with Gasteiger partial charge in [-0.05, 0) is 32.0 Å². The fraction of sp³-hybridized carbons (Fsp3) is 0.500. The van der Waals surface area contributed by atoms with Gasteiger partial charge in [0.05, 0.1) is 0 Å². The summed E-state index contributed by atoms with van der Waals surface area (Å²) in [5.74, 6) is -0.0783. The number of benzene rings is 1. The molecule has 1 aromatic carbocycles. The quantitative estimate of drug-likeness (QED) is 0.605. The van der Waals surface area contributed by atoms with Crippen LogP contribution in [0.3, 0.4) is 0 Å². The van der Waals surface area contributed by atoms with E-state index in [0.29, 0.717) is 31.5 Å². The molecule has 22 heavy (non-hydrogen) atoms. The molecule has 124 valence electrons. The molecule has 0 aromatic heterocycles. The molecule has 0 saturated heterocycles. The van der Waals surface area contributed by atoms with E-state index in [9.17, 15) is 9.59 Å². The van der Waals surface area contributed by atoms with E-state index in [1.807, 2.05) is 32.0 Å². The molecule has 6 heteroatoms. The monoisotopic (exact) mass is 327 g/mol. The van der Waals surface area contributed by atoms with E-state index in [0.717, 1.165) is 6.54 Å². The Labute approximate surface area is 138 Å². The Kier molecular flexibility index (Phi) is 11.1. The van der Waals surface area contributed by atoms with Gasteiger partial charge >= 0.3 is 0 Å². The summed E-state index contributed by atoms with van der Waals surface area (Å²) in [6.07, 6.45) is 1.06. The second-order valence-corrected chi connectivity index (χ2v) is 4.99. The van der Waals surface area contributed by atoms with Crippen LogP contribution in [0.15, 0.2) is 30.3 Å². The fourth-order valence-corrected chi connectivity index (χ4v) is 1.92. The number of hydrogen-bond donors (Lipinski definition) is 3. The summed E-state index contributed by atoms with van der Waals surface area (Å²) in [6, 6.07) is 9.34. The maximum atomic E-state index is 11.8. The van der Waals surface area contributed by atoms with Crippen molar-refractivity contribution in [1.29, 1.82) is 0 Å². The molecule has 1 rings (SSSR count). The second kappa shape index (κ2) is 12.0. The summed E-state index contributed by atoms with van der Waals surface area (Å²) in [4.78, 5) is 23.4. The van der Waals surface area contributed by atoms with Crippen LogP contribution < -0.4 is 16.0 Å². The molecule has 2 amide bonds. The third kappa shape index (κ3) is 8.64. The molecule has 1 atom stereocenters. The lowest BCUT2D eigenvalue weighted by Crippen LogP contribution is -2.39. The van der Waals surface area contributed by atoms with Crippen LogP contribution in [0.5, 0.6) is 0 Å². The number of carbonyl (C=O) groups is 2. The van der Waals surface area contributed by atoms with Gasteiger partial charge in [-0.3, -0.25) is 9.59 Å². The van der Waals surface area contributed by atoms with Gasteiger partial charge in [0.1, 0.15) is 0 Å². The molecule has 0 heterocycles. The molecule has 0 radical (unpaired) electrons. The molecule has 0 unspecified atom stereocenters. The smallest absolute Gasteiger partial charge is 0.251 e. The first-order valence-corrected chi connectivity index (χ1v) is 7.46. The Morgan fingerprint density at radius 3 is 2.45 bits per heavy atom. The maximum Gasteiger partial charge on any atom is 0.251 e. The van der Waals surface area contributed by atoms with Crippen LogP contribution >= 0.6 is 12.4 Å². The average Bonchev–Trinajstić information content (AvgIpc) is 2.50. The minimum atomic E-state index is -0.100. The highest BCUT2D eigenvalue weighted by molar-refractivity contribution is 5.94. The number of rotatable bonds is 9. The Hall–Kier alpha value is -1.59. The SMILES string of the molecule is CCN[C@H](C)CNC(=O)CCCNC(=O)c1ccccc1.Cl. The Morgan fingerprint density at radius 2 is 1.82 bits per heavy atom. The van der Waals surface area contributed by atoms with E-state index in [-0.39, 0.29) is 30.3 Å². The van der Waals surface area contributed by atoms with Crippen LogP contribution in [0.4, 0.5) is 0 Å². The molecule has 0 aliphatic rings. The van der Waals surface area contributed by atoms with Gasteiger partial charge in [-0.25, -0.2) is 0 Å². The number of nitrogens with one attached hydrogen (secondary N) is 3. The van der Waals surface area contributed by atoms with Crippen LogP contribution in [0.1, 0.15) is 37.0 Å². The molecular weight excluding hydrogens is 302 g/mol. The zero-order valence-electron chi connectivity index (χ0n) is 13.2. The van der Waals surface area contributed by atoms with Crippen LogP contribution in [0.2, 0.25) is 0 Å². The molecule has 0 fully saturated rings. The van der Waals surface area contributed by atoms with E-state index in [2.05, 4.69) is 16.0 Å². The number of likely N-dealkylation sites (N-methyl/N-ethyl adjacent to an activating group) is 1. The van der Waals surface area contributed by atoms with Crippen LogP contribution in [0, 0.1) is 0 Å². The zero-order valence-corrected chi connectivity index (χ0v) is 14.0. The Morgan fingerprint density at radius 1 is 1.14 bits per heavy atom. The summed E-state index contributed by atoms with van der Waals surface area (Å²) in [6.45, 7) is 6.09. The second-order valence-electron chi connectivity index (χ2n) is 4.99. The van der Waals surface area contributed by atoms with Gasteiger partial charge in [0, 0.05) is 31.1 Å². The van der Waals surface area contributed by atoms with E-state index in [4.69, 9.17) is 0 Å². The molecule has 3 N–H and O–H groups in total. The third-order valence-electron chi connectivity index (χ3n) is 3.06. The lowest BCUT2D eigenvalue weighted by Gasteiger charge is -2.13. The van der Waals surface area contributed by atoms with Crippen LogP contribution in [-0.2, 0) is 4.79 Å². The van der Waals surface area contributed by atoms with E-state index in [1.54, 1.807) is 12.1 Å². The molecule has 1 aromatic rings. The van der Waals surface area contributed by atoms with Crippen molar-refractivity contribution in [2.75, 3.05) is 19.6 Å². The van der Waals surface area contributed by atoms with Gasteiger partial charge in [0.15, 0.2) is 0 Å². The Balaban J connectivity index is 0.00000441. The molecule has 0 bridgehead atoms. The van der Waals surface area contributed by atoms with Gasteiger partial charge < -0.3 is 16.0 Å². The normalized spacial score (nSPS) is 11.2. The average molecular weight is 328 g/mol. The van der Waals surface area contributed by atoms with Gasteiger partial charge in [-0.15, -0.1) is 12.4 Å². The summed E-state index contributed by atoms with van der Waals surface area (Å²) in [5.41, 5.74) is 0.640. The lowest BCUT2D eigenvalue weighted by molar-refractivity contribution is -0.121. The van der Waals surface area contributed by atoms with Crippen molar-refractivity contribution in [3.05, 3.63) is 35.9 Å². The minimum absolute atomic E-state index is 0. The topological polar surface area (TPSA) is 70.2 Å². The third-order valence-corrected chi connectivity index (χ3v) is 3.06. The van der Waals surface area contributed by atoms with Crippen LogP contribution in [-0.4, -0.2) is 37.5 Å². The van der Waals surface area contributed by atoms with Gasteiger partial charge in [0.25, 0.3) is 5.91 Å². The molecule has 0 aliphatic carbocycles. The highest BCUT2D eigenvalue weighted by atomic mass is 35.5. The summed E-state index contributed by atoms with van der Waals surface area (Å²) < 4.78 is 0. The number of halogens is 1. The predicted octanol–water partition coefficient (Wildman–Crippen LogP) is 1.73. The summed E-state index contributed by atoms with van der Waals surface area (Å²) >= 11 is 0. The zero-order chi connectivity index (χ0) is 15.5. The molecule has 0 aliphatic heterocycles. The van der Waals surface area contributed by atoms with E-state index >= 15 is 0 Å². The van der Waals surface area contributed by atoms with Crippen molar-refractivity contribution < 1.29 is 9.59 Å². The highest BCUT2D eigenvalue weighted by Crippen LogP contribution is 1.98. The van der Waals surface area contributed by atoms with Crippen molar-refractivity contribution in [3.8, 4) is 0 Å². The van der Waals surface area contributed by atoms with Gasteiger partial charge in [-0.2, -0.15) is 0 Å². The first kappa shape index (κ1) is 20.4. The van der Waals surface area contributed by atoms with Crippen molar-refractivity contribution in [3.63, 3.8) is 0 Å². The summed E-state index contributed by atoms with van der Waals surface area (Å²) in [7, 11) is 0. The number of amides is 2. The van der Waals surface area contributed by atoms with Gasteiger partial charge in [0.2, 0.25) is 5.91 Å². The summed E-state index contributed by atoms with van der Waals surface area (Å²) in [5, 5.41) is 8.91. The van der Waals surface area contributed by atoms with Crippen molar-refractivity contribution in [1.82, 2.24) is 16.0 Å². The van der Waals surface area contributed by atoms with Crippen molar-refractivity contribution in [2.45, 2.75) is 32.7 Å². The van der Waals surface area contributed by atoms with Crippen molar-refractivity contribution in [2.24, 2.45) is 0 Å². The standard InChI is InChI=1S/C16H25N3O2.ClH/c1-3-17-13(2)12-19-15(20)10-7-11-18-16(21)14-8-5-4-6-9-14;/h4-6,8-9,13,17H,3,7,10-12H2,1-2H3,(H,18,21)(H,19,20);1H/t13-;/m1./s1. The van der Waals surface area contributed by atoms with Crippen molar-refractivity contribution >= 4 is 24.2 Å². The molecule has 0 spiro atoms. The maximum absolute atomic E-state index is 11.8. The minimum Gasteiger partial charge on any atom is -0.355 e. The number of hydrogen-bond acceptors (Lipinski definition) is 3. The highest BCUT2D eigenvalue weighted by Gasteiger charge is 2.06. The fourth-order valence-electron chi connectivity index (χ4n) is 1.92. The first-order valence-electron chi connectivity index (χ1n) is 7.46. The van der Waals surface area contributed by atoms with Crippen LogP contribution in [0.25, 0.3) is 0 Å². The number of carbonyl (C=O) groups excluding carboxylic acids is 2. The molecular formula is C16H26ClN3O2. The van der Waals surface area contributed by atoms with E-state index < -0.39 is 0 Å². The first-order chi connectivity index (χ1) is 10.1. The van der Waals surface area contributed by atoms with Gasteiger partial charge in [-0.1, -0.05) is 25.1 Å². The largest absolute Gasteiger partial charge is 0.355 e. The molecule has 0 saturated carbocycles. The lowest BCUT2D eigenvalue weighted by atomic mass is 10.2. The Bertz CT molecular complexity index is 440. The molecule has 5 nitrogen and oxygen atoms in total. The predicted molar refractivity (Wildman–Crippen MR) is 91.4 cm³/mol. The van der Waals surface area contributed by atoms with E-state index in [1.165, 1.54) is 0 Å².